The quantitative estimate of drug-likeness (QED) is 0.336. The summed E-state index contributed by atoms with van der Waals surface area (Å²) in [7, 11) is 1.25. The van der Waals surface area contributed by atoms with Gasteiger partial charge in [0, 0.05) is 11.8 Å². The van der Waals surface area contributed by atoms with Crippen molar-refractivity contribution in [3.63, 3.8) is 0 Å². The van der Waals surface area contributed by atoms with Crippen LogP contribution in [0.5, 0.6) is 0 Å². The molecule has 0 amide bonds. The largest absolute Gasteiger partial charge is 0.472 e. The lowest BCUT2D eigenvalue weighted by molar-refractivity contribution is -0.342. The average molecular weight is 390 g/mol. The first-order chi connectivity index (χ1) is 12.8. The number of esters is 1. The summed E-state index contributed by atoms with van der Waals surface area (Å²) in [5.41, 5.74) is 0.291. The summed E-state index contributed by atoms with van der Waals surface area (Å²) < 4.78 is 21.4. The van der Waals surface area contributed by atoms with E-state index < -0.39 is 61.6 Å². The van der Waals surface area contributed by atoms with Gasteiger partial charge < -0.3 is 44.5 Å². The van der Waals surface area contributed by atoms with Crippen molar-refractivity contribution in [2.75, 3.05) is 13.7 Å². The zero-order chi connectivity index (χ0) is 19.9. The molecule has 0 aromatic rings. The summed E-state index contributed by atoms with van der Waals surface area (Å²) in [6.45, 7) is 1.21. The van der Waals surface area contributed by atoms with Crippen LogP contribution in [0.1, 0.15) is 13.3 Å². The molecule has 3 aliphatic rings. The molecule has 10 atom stereocenters. The van der Waals surface area contributed by atoms with Crippen molar-refractivity contribution in [2.45, 2.75) is 56.4 Å². The number of rotatable bonds is 4. The highest BCUT2D eigenvalue weighted by atomic mass is 16.8. The van der Waals surface area contributed by atoms with Gasteiger partial charge in [0.1, 0.15) is 24.4 Å². The minimum atomic E-state index is -1.58. The van der Waals surface area contributed by atoms with Crippen molar-refractivity contribution >= 4 is 5.97 Å². The third-order valence-electron chi connectivity index (χ3n) is 5.75. The molecule has 0 radical (unpaired) electrons. The average Bonchev–Trinajstić information content (AvgIpc) is 2.96. The van der Waals surface area contributed by atoms with Crippen LogP contribution in [0.25, 0.3) is 0 Å². The Labute approximate surface area is 155 Å². The Kier molecular flexibility index (Phi) is 6.06. The Morgan fingerprint density at radius 1 is 1.19 bits per heavy atom. The van der Waals surface area contributed by atoms with Gasteiger partial charge in [0.2, 0.25) is 6.29 Å². The number of fused-ring (bicyclic) bond motifs is 1. The molecule has 1 aliphatic carbocycles. The van der Waals surface area contributed by atoms with Crippen molar-refractivity contribution in [3.8, 4) is 0 Å². The predicted octanol–water partition coefficient (Wildman–Crippen LogP) is -2.15. The number of aliphatic hydroxyl groups excluding tert-OH is 5. The van der Waals surface area contributed by atoms with Gasteiger partial charge in [-0.3, -0.25) is 0 Å². The van der Waals surface area contributed by atoms with Gasteiger partial charge >= 0.3 is 5.97 Å². The third-order valence-corrected chi connectivity index (χ3v) is 5.75. The van der Waals surface area contributed by atoms with Crippen molar-refractivity contribution in [1.29, 1.82) is 0 Å². The predicted molar refractivity (Wildman–Crippen MR) is 86.6 cm³/mol. The molecule has 10 nitrogen and oxygen atoms in total. The molecule has 0 bridgehead atoms. The van der Waals surface area contributed by atoms with Crippen molar-refractivity contribution < 1.29 is 49.3 Å². The minimum absolute atomic E-state index is 0.279. The highest BCUT2D eigenvalue weighted by Crippen LogP contribution is 2.47. The van der Waals surface area contributed by atoms with Crippen LogP contribution in [0.15, 0.2) is 11.8 Å². The van der Waals surface area contributed by atoms with E-state index in [-0.39, 0.29) is 11.8 Å². The second-order valence-corrected chi connectivity index (χ2v) is 7.25. The van der Waals surface area contributed by atoms with Crippen molar-refractivity contribution in [1.82, 2.24) is 0 Å². The molecule has 2 aliphatic heterocycles. The van der Waals surface area contributed by atoms with Crippen LogP contribution in [0.3, 0.4) is 0 Å². The molecule has 0 spiro atoms. The summed E-state index contributed by atoms with van der Waals surface area (Å²) in [4.78, 5) is 12.0. The Morgan fingerprint density at radius 3 is 2.52 bits per heavy atom. The van der Waals surface area contributed by atoms with E-state index in [1.165, 1.54) is 13.4 Å². The molecule has 1 saturated carbocycles. The van der Waals surface area contributed by atoms with E-state index in [2.05, 4.69) is 0 Å². The van der Waals surface area contributed by atoms with E-state index in [4.69, 9.17) is 18.9 Å². The molecule has 2 heterocycles. The zero-order valence-corrected chi connectivity index (χ0v) is 15.0. The molecular weight excluding hydrogens is 364 g/mol. The smallest absolute Gasteiger partial charge is 0.337 e. The van der Waals surface area contributed by atoms with E-state index in [1.54, 1.807) is 6.92 Å². The number of carbonyl (C=O) groups excluding carboxylic acids is 1. The lowest BCUT2D eigenvalue weighted by atomic mass is 9.83. The lowest BCUT2D eigenvalue weighted by Gasteiger charge is -2.43. The maximum Gasteiger partial charge on any atom is 0.337 e. The van der Waals surface area contributed by atoms with E-state index >= 15 is 0 Å². The number of ether oxygens (including phenoxy) is 4. The van der Waals surface area contributed by atoms with E-state index in [0.29, 0.717) is 12.0 Å². The molecule has 3 rings (SSSR count). The molecule has 0 aromatic carbocycles. The molecule has 1 saturated heterocycles. The number of hydrogen-bond acceptors (Lipinski definition) is 10. The molecule has 154 valence electrons. The highest BCUT2D eigenvalue weighted by molar-refractivity contribution is 5.89. The van der Waals surface area contributed by atoms with Crippen molar-refractivity contribution in [2.24, 2.45) is 17.8 Å². The zero-order valence-electron chi connectivity index (χ0n) is 15.0. The summed E-state index contributed by atoms with van der Waals surface area (Å²) in [5.74, 6) is -1.63. The Bertz CT molecular complexity index is 578. The normalized spacial score (nSPS) is 47.0. The molecule has 2 fully saturated rings. The van der Waals surface area contributed by atoms with Gasteiger partial charge in [-0.15, -0.1) is 0 Å². The minimum Gasteiger partial charge on any atom is -0.472 e. The van der Waals surface area contributed by atoms with Crippen LogP contribution in [0.2, 0.25) is 0 Å². The standard InChI is InChI=1S/C17H26O10/c1-6-9(19)3-7-8(15(23)24-2)5-25-16(11(6)7)27-17-14(22)13(21)12(20)10(4-18)26-17/h5-7,9-14,16-22H,3-4H2,1-2H3/t6-,7+,9-,10-,11-,12-,13+,14-,16-,17+/m0/s1. The van der Waals surface area contributed by atoms with E-state index in [0.717, 1.165) is 0 Å². The van der Waals surface area contributed by atoms with Crippen LogP contribution in [-0.4, -0.2) is 88.3 Å². The first-order valence-electron chi connectivity index (χ1n) is 8.88. The van der Waals surface area contributed by atoms with Gasteiger partial charge in [-0.1, -0.05) is 6.92 Å². The fourth-order valence-corrected chi connectivity index (χ4v) is 4.10. The second-order valence-electron chi connectivity index (χ2n) is 7.25. The van der Waals surface area contributed by atoms with Gasteiger partial charge in [0.15, 0.2) is 6.29 Å². The number of methoxy groups -OCH3 is 1. The van der Waals surface area contributed by atoms with Crippen LogP contribution in [0.4, 0.5) is 0 Å². The first kappa shape index (κ1) is 20.5. The maximum atomic E-state index is 12.0. The number of aliphatic hydroxyl groups is 5. The van der Waals surface area contributed by atoms with Gasteiger partial charge in [0.25, 0.3) is 0 Å². The monoisotopic (exact) mass is 390 g/mol. The molecule has 5 N–H and O–H groups in total. The van der Waals surface area contributed by atoms with E-state index in [1.807, 2.05) is 0 Å². The SMILES string of the molecule is COC(=O)C1=CO[C@@H](O[C@H]2O[C@@H](CO)[C@H](O)[C@@H](O)[C@@H]2O)[C@H]2[C@@H](C)[C@@H](O)C[C@H]12. The maximum absolute atomic E-state index is 12.0. The summed E-state index contributed by atoms with van der Waals surface area (Å²) in [5, 5.41) is 49.4. The molecule has 0 aromatic heterocycles. The van der Waals surface area contributed by atoms with Crippen LogP contribution >= 0.6 is 0 Å². The topological polar surface area (TPSA) is 155 Å². The van der Waals surface area contributed by atoms with Crippen molar-refractivity contribution in [3.05, 3.63) is 11.8 Å². The third kappa shape index (κ3) is 3.58. The summed E-state index contributed by atoms with van der Waals surface area (Å²) >= 11 is 0. The Balaban J connectivity index is 1.80. The summed E-state index contributed by atoms with van der Waals surface area (Å²) in [6, 6.07) is 0. The molecule has 27 heavy (non-hydrogen) atoms. The fourth-order valence-electron chi connectivity index (χ4n) is 4.10. The fraction of sp³-hybridized carbons (Fsp3) is 0.824. The first-order valence-corrected chi connectivity index (χ1v) is 8.88. The van der Waals surface area contributed by atoms with Gasteiger partial charge in [-0.25, -0.2) is 4.79 Å². The number of carbonyl (C=O) groups is 1. The molecule has 10 heteroatoms. The Hall–Kier alpha value is -1.27. The van der Waals surface area contributed by atoms with Crippen LogP contribution in [-0.2, 0) is 23.7 Å². The molecule has 0 unspecified atom stereocenters. The van der Waals surface area contributed by atoms with E-state index in [9.17, 15) is 30.3 Å². The Morgan fingerprint density at radius 2 is 1.89 bits per heavy atom. The molecular formula is C17H26O10. The van der Waals surface area contributed by atoms with Gasteiger partial charge in [0.05, 0.1) is 31.7 Å². The lowest BCUT2D eigenvalue weighted by Crippen LogP contribution is -2.60. The summed E-state index contributed by atoms with van der Waals surface area (Å²) in [6.07, 6.45) is -7.25. The second kappa shape index (κ2) is 8.00. The van der Waals surface area contributed by atoms with Gasteiger partial charge in [-0.05, 0) is 12.3 Å². The van der Waals surface area contributed by atoms with Crippen LogP contribution < -0.4 is 0 Å². The van der Waals surface area contributed by atoms with Crippen LogP contribution in [0, 0.1) is 17.8 Å². The van der Waals surface area contributed by atoms with Gasteiger partial charge in [-0.2, -0.15) is 0 Å². The number of hydrogen-bond donors (Lipinski definition) is 5. The highest BCUT2D eigenvalue weighted by Gasteiger charge is 2.53.